The van der Waals surface area contributed by atoms with E-state index >= 15 is 0 Å². The van der Waals surface area contributed by atoms with Gasteiger partial charge in [-0.15, -0.1) is 5.10 Å². The minimum atomic E-state index is -0.168. The van der Waals surface area contributed by atoms with E-state index in [1.165, 1.54) is 16.6 Å². The number of carbonyl (C=O) groups is 1. The standard InChI is InChI=1S/C17H21N5O/c1-12(2)8-14-4-6-15(7-5-14)13(3)20-17(23)10-22-11-19-16(9-18)21-22/h4-7,11-13H,8,10H2,1-3H3,(H,20,23). The lowest BCUT2D eigenvalue weighted by Crippen LogP contribution is -2.30. The lowest BCUT2D eigenvalue weighted by Gasteiger charge is -2.15. The summed E-state index contributed by atoms with van der Waals surface area (Å²) in [6.07, 6.45) is 2.43. The van der Waals surface area contributed by atoms with Gasteiger partial charge in [0, 0.05) is 0 Å². The fraction of sp³-hybridized carbons (Fsp3) is 0.412. The lowest BCUT2D eigenvalue weighted by atomic mass is 10.00. The molecule has 1 aromatic heterocycles. The maximum Gasteiger partial charge on any atom is 0.252 e. The molecule has 1 atom stereocenters. The van der Waals surface area contributed by atoms with Gasteiger partial charge in [-0.2, -0.15) is 5.26 Å². The quantitative estimate of drug-likeness (QED) is 0.886. The summed E-state index contributed by atoms with van der Waals surface area (Å²) in [7, 11) is 0. The third-order valence-corrected chi connectivity index (χ3v) is 3.44. The predicted molar refractivity (Wildman–Crippen MR) is 86.3 cm³/mol. The highest BCUT2D eigenvalue weighted by atomic mass is 16.2. The van der Waals surface area contributed by atoms with Gasteiger partial charge in [-0.3, -0.25) is 4.79 Å². The first kappa shape index (κ1) is 16.7. The highest BCUT2D eigenvalue weighted by molar-refractivity contribution is 5.76. The molecule has 1 N–H and O–H groups in total. The van der Waals surface area contributed by atoms with Crippen LogP contribution in [0.15, 0.2) is 30.6 Å². The molecule has 2 rings (SSSR count). The van der Waals surface area contributed by atoms with Crippen molar-refractivity contribution in [2.24, 2.45) is 5.92 Å². The van der Waals surface area contributed by atoms with Crippen molar-refractivity contribution in [3.05, 3.63) is 47.5 Å². The van der Waals surface area contributed by atoms with Gasteiger partial charge in [0.15, 0.2) is 0 Å². The third kappa shape index (κ3) is 4.92. The van der Waals surface area contributed by atoms with Crippen LogP contribution in [0.25, 0.3) is 0 Å². The average Bonchev–Trinajstić information content (AvgIpc) is 2.94. The fourth-order valence-electron chi connectivity index (χ4n) is 2.35. The summed E-state index contributed by atoms with van der Waals surface area (Å²) >= 11 is 0. The molecule has 0 bridgehead atoms. The summed E-state index contributed by atoms with van der Waals surface area (Å²) in [5.41, 5.74) is 2.36. The first-order valence-electron chi connectivity index (χ1n) is 7.65. The number of hydrogen-bond donors (Lipinski definition) is 1. The number of aromatic nitrogens is 3. The zero-order chi connectivity index (χ0) is 16.8. The SMILES string of the molecule is CC(C)Cc1ccc(C(C)NC(=O)Cn2cnc(C#N)n2)cc1. The molecular weight excluding hydrogens is 290 g/mol. The Labute approximate surface area is 136 Å². The summed E-state index contributed by atoms with van der Waals surface area (Å²) in [6.45, 7) is 6.37. The summed E-state index contributed by atoms with van der Waals surface area (Å²) < 4.78 is 1.35. The van der Waals surface area contributed by atoms with Crippen molar-refractivity contribution in [2.75, 3.05) is 0 Å². The van der Waals surface area contributed by atoms with E-state index in [0.29, 0.717) is 5.92 Å². The molecule has 0 radical (unpaired) electrons. The van der Waals surface area contributed by atoms with Gasteiger partial charge in [0.05, 0.1) is 6.04 Å². The highest BCUT2D eigenvalue weighted by Gasteiger charge is 2.11. The van der Waals surface area contributed by atoms with E-state index < -0.39 is 0 Å². The van der Waals surface area contributed by atoms with E-state index in [1.807, 2.05) is 25.1 Å². The maximum absolute atomic E-state index is 12.0. The fourth-order valence-corrected chi connectivity index (χ4v) is 2.35. The number of nitriles is 1. The molecule has 23 heavy (non-hydrogen) atoms. The molecule has 0 saturated heterocycles. The van der Waals surface area contributed by atoms with Crippen molar-refractivity contribution in [3.63, 3.8) is 0 Å². The molecule has 1 heterocycles. The molecule has 6 heteroatoms. The van der Waals surface area contributed by atoms with E-state index in [1.54, 1.807) is 0 Å². The summed E-state index contributed by atoms with van der Waals surface area (Å²) in [5.74, 6) is 0.517. The second-order valence-corrected chi connectivity index (χ2v) is 6.01. The van der Waals surface area contributed by atoms with E-state index in [0.717, 1.165) is 12.0 Å². The number of carbonyl (C=O) groups excluding carboxylic acids is 1. The van der Waals surface area contributed by atoms with Crippen LogP contribution in [0, 0.1) is 17.2 Å². The topological polar surface area (TPSA) is 83.6 Å². The van der Waals surface area contributed by atoms with Crippen LogP contribution < -0.4 is 5.32 Å². The van der Waals surface area contributed by atoms with Gasteiger partial charge >= 0.3 is 0 Å². The Balaban J connectivity index is 1.91. The molecule has 0 spiro atoms. The number of hydrogen-bond acceptors (Lipinski definition) is 4. The van der Waals surface area contributed by atoms with Gasteiger partial charge in [-0.25, -0.2) is 9.67 Å². The molecular formula is C17H21N5O. The van der Waals surface area contributed by atoms with E-state index in [2.05, 4.69) is 41.4 Å². The average molecular weight is 311 g/mol. The smallest absolute Gasteiger partial charge is 0.252 e. The lowest BCUT2D eigenvalue weighted by molar-refractivity contribution is -0.122. The largest absolute Gasteiger partial charge is 0.348 e. The monoisotopic (exact) mass is 311 g/mol. The predicted octanol–water partition coefficient (Wildman–Crippen LogP) is 2.23. The van der Waals surface area contributed by atoms with E-state index in [4.69, 9.17) is 5.26 Å². The van der Waals surface area contributed by atoms with Crippen molar-refractivity contribution in [1.29, 1.82) is 5.26 Å². The number of rotatable bonds is 6. The Morgan fingerprint density at radius 1 is 1.30 bits per heavy atom. The van der Waals surface area contributed by atoms with Crippen LogP contribution >= 0.6 is 0 Å². The van der Waals surface area contributed by atoms with Crippen molar-refractivity contribution in [1.82, 2.24) is 20.1 Å². The molecule has 6 nitrogen and oxygen atoms in total. The molecule has 0 fully saturated rings. The highest BCUT2D eigenvalue weighted by Crippen LogP contribution is 2.15. The van der Waals surface area contributed by atoms with Crippen LogP contribution in [-0.2, 0) is 17.8 Å². The molecule has 1 aromatic carbocycles. The van der Waals surface area contributed by atoms with Crippen LogP contribution in [0.5, 0.6) is 0 Å². The first-order valence-corrected chi connectivity index (χ1v) is 7.65. The van der Waals surface area contributed by atoms with Crippen LogP contribution in [0.2, 0.25) is 0 Å². The third-order valence-electron chi connectivity index (χ3n) is 3.44. The Hall–Kier alpha value is -2.68. The Morgan fingerprint density at radius 3 is 2.57 bits per heavy atom. The van der Waals surface area contributed by atoms with Crippen molar-refractivity contribution in [2.45, 2.75) is 39.8 Å². The second-order valence-electron chi connectivity index (χ2n) is 6.01. The van der Waals surface area contributed by atoms with Gasteiger partial charge in [0.2, 0.25) is 5.91 Å². The second kappa shape index (κ2) is 7.54. The van der Waals surface area contributed by atoms with Gasteiger partial charge in [-0.1, -0.05) is 38.1 Å². The van der Waals surface area contributed by atoms with Gasteiger partial charge in [-0.05, 0) is 30.4 Å². The van der Waals surface area contributed by atoms with Crippen molar-refractivity contribution < 1.29 is 4.79 Å². The van der Waals surface area contributed by atoms with E-state index in [9.17, 15) is 4.79 Å². The minimum absolute atomic E-state index is 0.0461. The Bertz CT molecular complexity index is 697. The first-order chi connectivity index (χ1) is 11.0. The summed E-state index contributed by atoms with van der Waals surface area (Å²) in [4.78, 5) is 15.8. The molecule has 0 saturated carbocycles. The Kier molecular flexibility index (Phi) is 5.47. The number of amides is 1. The molecule has 0 aliphatic carbocycles. The van der Waals surface area contributed by atoms with Gasteiger partial charge in [0.1, 0.15) is 18.9 Å². The van der Waals surface area contributed by atoms with Gasteiger partial charge < -0.3 is 5.32 Å². The van der Waals surface area contributed by atoms with Crippen LogP contribution in [0.3, 0.4) is 0 Å². The number of nitrogens with one attached hydrogen (secondary N) is 1. The molecule has 2 aromatic rings. The normalized spacial score (nSPS) is 12.0. The summed E-state index contributed by atoms with van der Waals surface area (Å²) in [5, 5.41) is 15.5. The Morgan fingerprint density at radius 2 is 2.00 bits per heavy atom. The van der Waals surface area contributed by atoms with Gasteiger partial charge in [0.25, 0.3) is 5.82 Å². The number of nitrogens with zero attached hydrogens (tertiary/aromatic N) is 4. The zero-order valence-electron chi connectivity index (χ0n) is 13.7. The minimum Gasteiger partial charge on any atom is -0.348 e. The van der Waals surface area contributed by atoms with Crippen molar-refractivity contribution >= 4 is 5.91 Å². The van der Waals surface area contributed by atoms with Crippen molar-refractivity contribution in [3.8, 4) is 6.07 Å². The molecule has 0 aliphatic heterocycles. The van der Waals surface area contributed by atoms with Crippen LogP contribution in [0.4, 0.5) is 0 Å². The van der Waals surface area contributed by atoms with Crippen LogP contribution in [0.1, 0.15) is 43.8 Å². The molecule has 1 unspecified atom stereocenters. The maximum atomic E-state index is 12.0. The number of benzene rings is 1. The summed E-state index contributed by atoms with van der Waals surface area (Å²) in [6, 6.07) is 10.0. The zero-order valence-corrected chi connectivity index (χ0v) is 13.7. The molecule has 1 amide bonds. The molecule has 0 aliphatic rings. The van der Waals surface area contributed by atoms with Crippen LogP contribution in [-0.4, -0.2) is 20.7 Å². The van der Waals surface area contributed by atoms with E-state index in [-0.39, 0.29) is 24.3 Å². The molecule has 120 valence electrons.